The minimum atomic E-state index is -0.0691. The Balaban J connectivity index is 1.68. The summed E-state index contributed by atoms with van der Waals surface area (Å²) in [5.74, 6) is 0.0841. The summed E-state index contributed by atoms with van der Waals surface area (Å²) in [6.45, 7) is 6.11. The molecular formula is C16H20N4O2. The van der Waals surface area contributed by atoms with Gasteiger partial charge >= 0.3 is 0 Å². The van der Waals surface area contributed by atoms with Crippen LogP contribution < -0.4 is 0 Å². The fraction of sp³-hybridized carbons (Fsp3) is 0.438. The van der Waals surface area contributed by atoms with Crippen molar-refractivity contribution in [3.63, 3.8) is 0 Å². The number of hydrogen-bond donors (Lipinski definition) is 0. The highest BCUT2D eigenvalue weighted by molar-refractivity contribution is 5.93. The number of pyridine rings is 1. The molecule has 2 amide bonds. The van der Waals surface area contributed by atoms with Crippen molar-refractivity contribution in [1.82, 2.24) is 19.2 Å². The van der Waals surface area contributed by atoms with E-state index in [4.69, 9.17) is 0 Å². The number of carbonyl (C=O) groups excluding carboxylic acids is 2. The number of imidazole rings is 1. The van der Waals surface area contributed by atoms with Gasteiger partial charge < -0.3 is 14.2 Å². The van der Waals surface area contributed by atoms with Crippen molar-refractivity contribution in [2.45, 2.75) is 13.8 Å². The van der Waals surface area contributed by atoms with Gasteiger partial charge in [-0.25, -0.2) is 4.98 Å². The van der Waals surface area contributed by atoms with E-state index >= 15 is 0 Å². The quantitative estimate of drug-likeness (QED) is 0.839. The van der Waals surface area contributed by atoms with Crippen LogP contribution in [0.15, 0.2) is 30.6 Å². The van der Waals surface area contributed by atoms with Crippen LogP contribution in [-0.4, -0.2) is 57.2 Å². The molecule has 0 spiro atoms. The van der Waals surface area contributed by atoms with Gasteiger partial charge in [-0.05, 0) is 12.1 Å². The van der Waals surface area contributed by atoms with E-state index in [9.17, 15) is 9.59 Å². The Morgan fingerprint density at radius 3 is 2.41 bits per heavy atom. The van der Waals surface area contributed by atoms with Gasteiger partial charge in [-0.2, -0.15) is 0 Å². The maximum atomic E-state index is 12.5. The van der Waals surface area contributed by atoms with Gasteiger partial charge in [-0.15, -0.1) is 0 Å². The number of carbonyl (C=O) groups is 2. The van der Waals surface area contributed by atoms with E-state index in [1.165, 1.54) is 0 Å². The molecule has 2 aromatic heterocycles. The number of aromatic nitrogens is 2. The summed E-state index contributed by atoms with van der Waals surface area (Å²) in [6, 6.07) is 5.67. The second kappa shape index (κ2) is 5.79. The second-order valence-corrected chi connectivity index (χ2v) is 5.86. The fourth-order valence-corrected chi connectivity index (χ4v) is 2.69. The molecule has 116 valence electrons. The van der Waals surface area contributed by atoms with E-state index in [1.807, 2.05) is 47.5 Å². The average Bonchev–Trinajstić information content (AvgIpc) is 2.97. The van der Waals surface area contributed by atoms with Gasteiger partial charge in [0, 0.05) is 44.5 Å². The van der Waals surface area contributed by atoms with Gasteiger partial charge in [0.15, 0.2) is 0 Å². The second-order valence-electron chi connectivity index (χ2n) is 5.86. The van der Waals surface area contributed by atoms with Crippen molar-refractivity contribution in [3.05, 3.63) is 36.3 Å². The van der Waals surface area contributed by atoms with Crippen LogP contribution in [0.2, 0.25) is 0 Å². The molecular weight excluding hydrogens is 280 g/mol. The minimum absolute atomic E-state index is 0.000640. The van der Waals surface area contributed by atoms with Gasteiger partial charge in [0.05, 0.1) is 0 Å². The number of amides is 2. The van der Waals surface area contributed by atoms with Crippen LogP contribution >= 0.6 is 0 Å². The molecule has 1 fully saturated rings. The standard InChI is InChI=1S/C16H20N4O2/c1-12(2)15(21)18-7-9-19(10-8-18)16(22)13-11-20-6-4-3-5-14(20)17-13/h3-6,11-12H,7-10H2,1-2H3. The zero-order valence-electron chi connectivity index (χ0n) is 12.9. The lowest BCUT2D eigenvalue weighted by Gasteiger charge is -2.35. The van der Waals surface area contributed by atoms with Crippen molar-refractivity contribution < 1.29 is 9.59 Å². The Labute approximate surface area is 129 Å². The molecule has 0 aromatic carbocycles. The highest BCUT2D eigenvalue weighted by Gasteiger charge is 2.26. The normalized spacial score (nSPS) is 15.6. The molecule has 0 bridgehead atoms. The van der Waals surface area contributed by atoms with Crippen LogP contribution in [0.4, 0.5) is 0 Å². The number of nitrogens with zero attached hydrogens (tertiary/aromatic N) is 4. The summed E-state index contributed by atoms with van der Waals surface area (Å²) in [5, 5.41) is 0. The lowest BCUT2D eigenvalue weighted by atomic mass is 10.1. The summed E-state index contributed by atoms with van der Waals surface area (Å²) in [7, 11) is 0. The predicted molar refractivity (Wildman–Crippen MR) is 82.5 cm³/mol. The van der Waals surface area contributed by atoms with Gasteiger partial charge in [-0.3, -0.25) is 9.59 Å². The average molecular weight is 300 g/mol. The number of hydrogen-bond acceptors (Lipinski definition) is 3. The van der Waals surface area contributed by atoms with Gasteiger partial charge in [0.2, 0.25) is 5.91 Å². The molecule has 0 N–H and O–H groups in total. The van der Waals surface area contributed by atoms with Crippen molar-refractivity contribution in [1.29, 1.82) is 0 Å². The molecule has 0 saturated carbocycles. The van der Waals surface area contributed by atoms with Crippen LogP contribution in [0.25, 0.3) is 5.65 Å². The molecule has 0 unspecified atom stereocenters. The Bertz CT molecular complexity index is 666. The zero-order valence-corrected chi connectivity index (χ0v) is 12.9. The van der Waals surface area contributed by atoms with Gasteiger partial charge in [-0.1, -0.05) is 19.9 Å². The largest absolute Gasteiger partial charge is 0.339 e. The Morgan fingerprint density at radius 1 is 1.09 bits per heavy atom. The number of piperazine rings is 1. The van der Waals surface area contributed by atoms with E-state index in [0.29, 0.717) is 31.9 Å². The Kier molecular flexibility index (Phi) is 3.83. The third kappa shape index (κ3) is 2.68. The lowest BCUT2D eigenvalue weighted by Crippen LogP contribution is -2.51. The van der Waals surface area contributed by atoms with Crippen LogP contribution in [0.3, 0.4) is 0 Å². The van der Waals surface area contributed by atoms with Crippen molar-refractivity contribution in [2.24, 2.45) is 5.92 Å². The van der Waals surface area contributed by atoms with E-state index in [-0.39, 0.29) is 17.7 Å². The molecule has 6 heteroatoms. The SMILES string of the molecule is CC(C)C(=O)N1CCN(C(=O)c2cn3ccccc3n2)CC1. The molecule has 3 rings (SSSR count). The third-order valence-corrected chi connectivity index (χ3v) is 3.96. The Hall–Kier alpha value is -2.37. The molecule has 6 nitrogen and oxygen atoms in total. The molecule has 0 radical (unpaired) electrons. The molecule has 3 heterocycles. The summed E-state index contributed by atoms with van der Waals surface area (Å²) in [4.78, 5) is 32.5. The van der Waals surface area contributed by atoms with E-state index in [0.717, 1.165) is 5.65 Å². The minimum Gasteiger partial charge on any atom is -0.339 e. The topological polar surface area (TPSA) is 57.9 Å². The molecule has 0 aliphatic carbocycles. The zero-order chi connectivity index (χ0) is 15.7. The third-order valence-electron chi connectivity index (χ3n) is 3.96. The van der Waals surface area contributed by atoms with E-state index < -0.39 is 0 Å². The maximum absolute atomic E-state index is 12.5. The summed E-state index contributed by atoms with van der Waals surface area (Å²) in [5.41, 5.74) is 1.22. The predicted octanol–water partition coefficient (Wildman–Crippen LogP) is 1.27. The Morgan fingerprint density at radius 2 is 1.77 bits per heavy atom. The number of rotatable bonds is 2. The van der Waals surface area contributed by atoms with Crippen LogP contribution in [-0.2, 0) is 4.79 Å². The highest BCUT2D eigenvalue weighted by atomic mass is 16.2. The molecule has 22 heavy (non-hydrogen) atoms. The molecule has 1 saturated heterocycles. The van der Waals surface area contributed by atoms with Gasteiger partial charge in [0.1, 0.15) is 11.3 Å². The smallest absolute Gasteiger partial charge is 0.274 e. The monoisotopic (exact) mass is 300 g/mol. The lowest BCUT2D eigenvalue weighted by molar-refractivity contribution is -0.135. The fourth-order valence-electron chi connectivity index (χ4n) is 2.69. The van der Waals surface area contributed by atoms with Crippen molar-refractivity contribution in [2.75, 3.05) is 26.2 Å². The number of fused-ring (bicyclic) bond motifs is 1. The maximum Gasteiger partial charge on any atom is 0.274 e. The first-order chi connectivity index (χ1) is 10.6. The van der Waals surface area contributed by atoms with E-state index in [2.05, 4.69) is 4.98 Å². The van der Waals surface area contributed by atoms with Crippen LogP contribution in [0, 0.1) is 5.92 Å². The van der Waals surface area contributed by atoms with Gasteiger partial charge in [0.25, 0.3) is 5.91 Å². The van der Waals surface area contributed by atoms with Crippen molar-refractivity contribution >= 4 is 17.5 Å². The highest BCUT2D eigenvalue weighted by Crippen LogP contribution is 2.12. The first kappa shape index (κ1) is 14.6. The summed E-state index contributed by atoms with van der Waals surface area (Å²) in [6.07, 6.45) is 3.63. The first-order valence-electron chi connectivity index (χ1n) is 7.58. The molecule has 2 aromatic rings. The molecule has 0 atom stereocenters. The summed E-state index contributed by atoms with van der Waals surface area (Å²) < 4.78 is 1.84. The molecule has 1 aliphatic heterocycles. The van der Waals surface area contributed by atoms with E-state index in [1.54, 1.807) is 11.1 Å². The summed E-state index contributed by atoms with van der Waals surface area (Å²) >= 11 is 0. The van der Waals surface area contributed by atoms with Crippen molar-refractivity contribution in [3.8, 4) is 0 Å². The van der Waals surface area contributed by atoms with Crippen LogP contribution in [0.1, 0.15) is 24.3 Å². The molecule has 1 aliphatic rings. The van der Waals surface area contributed by atoms with Crippen LogP contribution in [0.5, 0.6) is 0 Å². The first-order valence-corrected chi connectivity index (χ1v) is 7.58.